The van der Waals surface area contributed by atoms with Crippen molar-refractivity contribution in [2.24, 2.45) is 5.73 Å². The molecule has 1 saturated carbocycles. The SMILES string of the molecule is Cc1ccc(C(C)(C)C)cc1CN(C)CC1(N)CC1. The summed E-state index contributed by atoms with van der Waals surface area (Å²) in [6.45, 7) is 11.0. The quantitative estimate of drug-likeness (QED) is 0.900. The molecule has 1 aliphatic rings. The number of hydrogen-bond donors (Lipinski definition) is 1. The van der Waals surface area contributed by atoms with Crippen molar-refractivity contribution in [3.8, 4) is 0 Å². The van der Waals surface area contributed by atoms with Gasteiger partial charge in [-0.05, 0) is 48.9 Å². The zero-order valence-electron chi connectivity index (χ0n) is 13.1. The van der Waals surface area contributed by atoms with E-state index >= 15 is 0 Å². The molecule has 0 aromatic heterocycles. The molecule has 0 amide bonds. The molecule has 1 aliphatic carbocycles. The van der Waals surface area contributed by atoms with E-state index in [4.69, 9.17) is 5.73 Å². The van der Waals surface area contributed by atoms with Crippen LogP contribution in [0.15, 0.2) is 18.2 Å². The maximum absolute atomic E-state index is 6.20. The average Bonchev–Trinajstić information content (AvgIpc) is 2.97. The van der Waals surface area contributed by atoms with Crippen molar-refractivity contribution in [2.45, 2.75) is 58.0 Å². The molecule has 0 bridgehead atoms. The van der Waals surface area contributed by atoms with Crippen molar-refractivity contribution in [2.75, 3.05) is 13.6 Å². The van der Waals surface area contributed by atoms with Gasteiger partial charge in [-0.2, -0.15) is 0 Å². The van der Waals surface area contributed by atoms with Gasteiger partial charge < -0.3 is 10.6 Å². The number of rotatable bonds is 4. The Labute approximate surface area is 118 Å². The molecule has 0 unspecified atom stereocenters. The summed E-state index contributed by atoms with van der Waals surface area (Å²) in [5.41, 5.74) is 10.7. The molecule has 0 saturated heterocycles. The van der Waals surface area contributed by atoms with Gasteiger partial charge in [-0.1, -0.05) is 39.0 Å². The molecule has 2 rings (SSSR count). The largest absolute Gasteiger partial charge is 0.324 e. The van der Waals surface area contributed by atoms with Gasteiger partial charge in [0.25, 0.3) is 0 Å². The van der Waals surface area contributed by atoms with Gasteiger partial charge in [0.15, 0.2) is 0 Å². The molecule has 2 N–H and O–H groups in total. The molecule has 0 radical (unpaired) electrons. The topological polar surface area (TPSA) is 29.3 Å². The first kappa shape index (κ1) is 14.5. The Hall–Kier alpha value is -0.860. The summed E-state index contributed by atoms with van der Waals surface area (Å²) in [6, 6.07) is 6.87. The van der Waals surface area contributed by atoms with Gasteiger partial charge in [0.05, 0.1) is 0 Å². The van der Waals surface area contributed by atoms with Gasteiger partial charge in [-0.3, -0.25) is 0 Å². The Morgan fingerprint density at radius 3 is 2.42 bits per heavy atom. The molecule has 0 heterocycles. The fourth-order valence-electron chi connectivity index (χ4n) is 2.51. The second kappa shape index (κ2) is 4.92. The third-order valence-corrected chi connectivity index (χ3v) is 4.13. The van der Waals surface area contributed by atoms with Crippen molar-refractivity contribution in [1.29, 1.82) is 0 Å². The number of aryl methyl sites for hydroxylation is 1. The smallest absolute Gasteiger partial charge is 0.0284 e. The van der Waals surface area contributed by atoms with Crippen LogP contribution in [0.3, 0.4) is 0 Å². The average molecular weight is 260 g/mol. The van der Waals surface area contributed by atoms with Gasteiger partial charge in [0.2, 0.25) is 0 Å². The fraction of sp³-hybridized carbons (Fsp3) is 0.647. The summed E-state index contributed by atoms with van der Waals surface area (Å²) in [7, 11) is 2.18. The third-order valence-electron chi connectivity index (χ3n) is 4.13. The molecule has 1 fully saturated rings. The fourth-order valence-corrected chi connectivity index (χ4v) is 2.51. The van der Waals surface area contributed by atoms with Gasteiger partial charge in [0, 0.05) is 18.6 Å². The molecule has 106 valence electrons. The number of nitrogens with two attached hydrogens (primary N) is 1. The van der Waals surface area contributed by atoms with Crippen LogP contribution in [0.2, 0.25) is 0 Å². The van der Waals surface area contributed by atoms with Crippen molar-refractivity contribution >= 4 is 0 Å². The van der Waals surface area contributed by atoms with E-state index in [-0.39, 0.29) is 11.0 Å². The highest BCUT2D eigenvalue weighted by Crippen LogP contribution is 2.33. The molecule has 0 aliphatic heterocycles. The monoisotopic (exact) mass is 260 g/mol. The zero-order chi connectivity index (χ0) is 14.3. The lowest BCUT2D eigenvalue weighted by molar-refractivity contribution is 0.295. The Morgan fingerprint density at radius 1 is 1.26 bits per heavy atom. The summed E-state index contributed by atoms with van der Waals surface area (Å²) in [4.78, 5) is 2.36. The van der Waals surface area contributed by atoms with E-state index in [1.165, 1.54) is 29.5 Å². The van der Waals surface area contributed by atoms with Gasteiger partial charge in [-0.15, -0.1) is 0 Å². The lowest BCUT2D eigenvalue weighted by Crippen LogP contribution is -2.37. The molecule has 2 nitrogen and oxygen atoms in total. The van der Waals surface area contributed by atoms with Crippen LogP contribution < -0.4 is 5.73 Å². The standard InChI is InChI=1S/C17H28N2/c1-13-6-7-15(16(2,3)4)10-14(13)11-19(5)12-17(18)8-9-17/h6-7,10H,8-9,11-12,18H2,1-5H3. The molecule has 1 aromatic carbocycles. The normalized spacial score (nSPS) is 17.8. The Morgan fingerprint density at radius 2 is 1.89 bits per heavy atom. The number of nitrogens with zero attached hydrogens (tertiary/aromatic N) is 1. The Kier molecular flexibility index (Phi) is 3.76. The van der Waals surface area contributed by atoms with Crippen LogP contribution in [0.1, 0.15) is 50.3 Å². The molecule has 0 spiro atoms. The number of benzene rings is 1. The minimum atomic E-state index is 0.101. The van der Waals surface area contributed by atoms with E-state index in [2.05, 4.69) is 57.8 Å². The van der Waals surface area contributed by atoms with E-state index in [1.807, 2.05) is 0 Å². The molecular formula is C17H28N2. The third kappa shape index (κ3) is 3.80. The molecule has 2 heteroatoms. The van der Waals surface area contributed by atoms with Crippen LogP contribution >= 0.6 is 0 Å². The minimum Gasteiger partial charge on any atom is -0.324 e. The maximum Gasteiger partial charge on any atom is 0.0284 e. The highest BCUT2D eigenvalue weighted by Gasteiger charge is 2.38. The van der Waals surface area contributed by atoms with E-state index in [1.54, 1.807) is 0 Å². The van der Waals surface area contributed by atoms with Gasteiger partial charge in [0.1, 0.15) is 0 Å². The van der Waals surface area contributed by atoms with Gasteiger partial charge in [-0.25, -0.2) is 0 Å². The highest BCUT2D eigenvalue weighted by molar-refractivity contribution is 5.34. The first-order valence-corrected chi connectivity index (χ1v) is 7.27. The predicted octanol–water partition coefficient (Wildman–Crippen LogP) is 3.22. The van der Waals surface area contributed by atoms with Crippen LogP contribution in [0.5, 0.6) is 0 Å². The maximum atomic E-state index is 6.20. The summed E-state index contributed by atoms with van der Waals surface area (Å²) in [6.07, 6.45) is 2.36. The highest BCUT2D eigenvalue weighted by atomic mass is 15.1. The minimum absolute atomic E-state index is 0.101. The van der Waals surface area contributed by atoms with E-state index in [0.717, 1.165) is 13.1 Å². The summed E-state index contributed by atoms with van der Waals surface area (Å²) >= 11 is 0. The van der Waals surface area contributed by atoms with Crippen LogP contribution in [0, 0.1) is 6.92 Å². The summed E-state index contributed by atoms with van der Waals surface area (Å²) in [5, 5.41) is 0. The lowest BCUT2D eigenvalue weighted by Gasteiger charge is -2.24. The first-order chi connectivity index (χ1) is 8.70. The Bertz CT molecular complexity index is 453. The van der Waals surface area contributed by atoms with Crippen LogP contribution in [0.25, 0.3) is 0 Å². The number of hydrogen-bond acceptors (Lipinski definition) is 2. The van der Waals surface area contributed by atoms with Crippen LogP contribution in [-0.4, -0.2) is 24.0 Å². The van der Waals surface area contributed by atoms with Gasteiger partial charge >= 0.3 is 0 Å². The second-order valence-electron chi connectivity index (χ2n) is 7.43. The molecule has 1 aromatic rings. The van der Waals surface area contributed by atoms with E-state index in [0.29, 0.717) is 0 Å². The van der Waals surface area contributed by atoms with Crippen LogP contribution in [0.4, 0.5) is 0 Å². The second-order valence-corrected chi connectivity index (χ2v) is 7.43. The van der Waals surface area contributed by atoms with Crippen molar-refractivity contribution < 1.29 is 0 Å². The van der Waals surface area contributed by atoms with E-state index < -0.39 is 0 Å². The molecule has 0 atom stereocenters. The molecular weight excluding hydrogens is 232 g/mol. The zero-order valence-corrected chi connectivity index (χ0v) is 13.1. The lowest BCUT2D eigenvalue weighted by atomic mass is 9.85. The van der Waals surface area contributed by atoms with Crippen LogP contribution in [-0.2, 0) is 12.0 Å². The first-order valence-electron chi connectivity index (χ1n) is 7.27. The van der Waals surface area contributed by atoms with Crippen molar-refractivity contribution in [3.05, 3.63) is 34.9 Å². The Balaban J connectivity index is 2.10. The summed E-state index contributed by atoms with van der Waals surface area (Å²) in [5.74, 6) is 0. The number of likely N-dealkylation sites (N-methyl/N-ethyl adjacent to an activating group) is 1. The van der Waals surface area contributed by atoms with Crippen molar-refractivity contribution in [3.63, 3.8) is 0 Å². The molecule has 19 heavy (non-hydrogen) atoms. The predicted molar refractivity (Wildman–Crippen MR) is 82.4 cm³/mol. The van der Waals surface area contributed by atoms with E-state index in [9.17, 15) is 0 Å². The summed E-state index contributed by atoms with van der Waals surface area (Å²) < 4.78 is 0. The van der Waals surface area contributed by atoms with Crippen molar-refractivity contribution in [1.82, 2.24) is 4.90 Å².